The zero-order valence-electron chi connectivity index (χ0n) is 17.6. The molecule has 0 radical (unpaired) electrons. The van der Waals surface area contributed by atoms with Crippen LogP contribution in [0.2, 0.25) is 10.0 Å². The van der Waals surface area contributed by atoms with Gasteiger partial charge in [-0.3, -0.25) is 9.59 Å². The van der Waals surface area contributed by atoms with Gasteiger partial charge in [0, 0.05) is 22.1 Å². The summed E-state index contributed by atoms with van der Waals surface area (Å²) in [7, 11) is 1.82. The van der Waals surface area contributed by atoms with Crippen molar-refractivity contribution in [2.45, 2.75) is 25.0 Å². The lowest BCUT2D eigenvalue weighted by molar-refractivity contribution is 0.0921. The van der Waals surface area contributed by atoms with Gasteiger partial charge in [0.1, 0.15) is 0 Å². The minimum absolute atomic E-state index is 0.00172. The van der Waals surface area contributed by atoms with Crippen molar-refractivity contribution in [3.8, 4) is 0 Å². The van der Waals surface area contributed by atoms with Crippen LogP contribution >= 0.6 is 50.9 Å². The van der Waals surface area contributed by atoms with Gasteiger partial charge in [-0.15, -0.1) is 10.2 Å². The number of benzene rings is 2. The van der Waals surface area contributed by atoms with Gasteiger partial charge < -0.3 is 9.88 Å². The summed E-state index contributed by atoms with van der Waals surface area (Å²) >= 11 is 16.8. The monoisotopic (exact) mass is 554 g/mol. The summed E-state index contributed by atoms with van der Waals surface area (Å²) in [5.41, 5.74) is 0.967. The fraction of sp³-hybridized carbons (Fsp3) is 0.273. The van der Waals surface area contributed by atoms with Gasteiger partial charge in [0.2, 0.25) is 0 Å². The number of nitrogens with zero attached hydrogens (tertiary/aromatic N) is 3. The lowest BCUT2D eigenvalue weighted by Gasteiger charge is -2.22. The first-order chi connectivity index (χ1) is 15.2. The van der Waals surface area contributed by atoms with Gasteiger partial charge in [0.25, 0.3) is 5.91 Å². The Morgan fingerprint density at radius 2 is 1.81 bits per heavy atom. The van der Waals surface area contributed by atoms with Crippen molar-refractivity contribution in [2.24, 2.45) is 13.0 Å². The van der Waals surface area contributed by atoms with Crippen LogP contribution in [-0.2, 0) is 7.05 Å². The summed E-state index contributed by atoms with van der Waals surface area (Å²) in [4.78, 5) is 25.3. The predicted octanol–water partition coefficient (Wildman–Crippen LogP) is 5.99. The summed E-state index contributed by atoms with van der Waals surface area (Å²) in [6.45, 7) is 3.96. The van der Waals surface area contributed by atoms with Gasteiger partial charge in [-0.1, -0.05) is 76.9 Å². The Morgan fingerprint density at radius 1 is 1.12 bits per heavy atom. The molecule has 32 heavy (non-hydrogen) atoms. The molecule has 10 heteroatoms. The highest BCUT2D eigenvalue weighted by Gasteiger charge is 2.26. The van der Waals surface area contributed by atoms with E-state index in [4.69, 9.17) is 23.2 Å². The largest absolute Gasteiger partial charge is 0.342 e. The molecule has 0 bridgehead atoms. The van der Waals surface area contributed by atoms with Gasteiger partial charge in [0.15, 0.2) is 16.8 Å². The van der Waals surface area contributed by atoms with E-state index in [1.165, 1.54) is 17.8 Å². The molecular weight excluding hydrogens is 535 g/mol. The molecule has 1 atom stereocenters. The highest BCUT2D eigenvalue weighted by Crippen LogP contribution is 2.27. The number of carbonyl (C=O) groups excluding carboxylic acids is 2. The molecule has 3 rings (SSSR count). The fourth-order valence-corrected chi connectivity index (χ4v) is 4.57. The summed E-state index contributed by atoms with van der Waals surface area (Å²) in [5, 5.41) is 12.8. The maximum atomic E-state index is 12.8. The van der Waals surface area contributed by atoms with Gasteiger partial charge >= 0.3 is 0 Å². The third-order valence-electron chi connectivity index (χ3n) is 4.77. The zero-order chi connectivity index (χ0) is 23.4. The molecule has 0 saturated carbocycles. The second kappa shape index (κ2) is 10.8. The van der Waals surface area contributed by atoms with Crippen LogP contribution in [-0.4, -0.2) is 32.2 Å². The lowest BCUT2D eigenvalue weighted by atomic mass is 10.0. The third-order valence-corrected chi connectivity index (χ3v) is 6.87. The Morgan fingerprint density at radius 3 is 2.44 bits per heavy atom. The Labute approximate surface area is 209 Å². The minimum atomic E-state index is -0.400. The van der Waals surface area contributed by atoms with Gasteiger partial charge in [0.05, 0.1) is 22.4 Å². The quantitative estimate of drug-likeness (QED) is 0.273. The van der Waals surface area contributed by atoms with E-state index < -0.39 is 6.04 Å². The second-order valence-electron chi connectivity index (χ2n) is 7.44. The first-order valence-corrected chi connectivity index (χ1v) is 12.3. The van der Waals surface area contributed by atoms with Crippen molar-refractivity contribution in [3.63, 3.8) is 0 Å². The van der Waals surface area contributed by atoms with E-state index in [1.807, 2.05) is 33.0 Å². The van der Waals surface area contributed by atoms with Crippen molar-refractivity contribution >= 4 is 62.6 Å². The number of hydrogen-bond acceptors (Lipinski definition) is 5. The van der Waals surface area contributed by atoms with Crippen LogP contribution in [0.25, 0.3) is 0 Å². The van der Waals surface area contributed by atoms with E-state index in [-0.39, 0.29) is 28.4 Å². The maximum absolute atomic E-state index is 12.8. The smallest absolute Gasteiger partial charge is 0.253 e. The predicted molar refractivity (Wildman–Crippen MR) is 132 cm³/mol. The third kappa shape index (κ3) is 5.92. The average Bonchev–Trinajstić information content (AvgIpc) is 3.10. The second-order valence-corrected chi connectivity index (χ2v) is 10.1. The van der Waals surface area contributed by atoms with Gasteiger partial charge in [-0.2, -0.15) is 0 Å². The molecule has 0 fully saturated rings. The number of nitrogens with one attached hydrogen (secondary N) is 1. The van der Waals surface area contributed by atoms with E-state index >= 15 is 0 Å². The maximum Gasteiger partial charge on any atom is 0.253 e. The highest BCUT2D eigenvalue weighted by molar-refractivity contribution is 9.10. The Hall–Kier alpha value is -1.87. The van der Waals surface area contributed by atoms with Crippen LogP contribution < -0.4 is 5.32 Å². The van der Waals surface area contributed by atoms with Gasteiger partial charge in [-0.05, 0) is 36.2 Å². The Kier molecular flexibility index (Phi) is 8.38. The number of amides is 1. The first kappa shape index (κ1) is 24.8. The SMILES string of the molecule is CC(C)[C@@H](NC(=O)c1ccc(Cl)cc1Cl)c1nnc(SCC(=O)c2ccc(Br)cc2)n1C. The molecule has 1 aromatic heterocycles. The van der Waals surface area contributed by atoms with E-state index in [9.17, 15) is 9.59 Å². The lowest BCUT2D eigenvalue weighted by Crippen LogP contribution is -2.33. The number of hydrogen-bond donors (Lipinski definition) is 1. The fourth-order valence-electron chi connectivity index (χ4n) is 2.99. The molecule has 1 N–H and O–H groups in total. The number of carbonyl (C=O) groups is 2. The number of rotatable bonds is 8. The van der Waals surface area contributed by atoms with Crippen LogP contribution in [0.3, 0.4) is 0 Å². The molecule has 0 aliphatic rings. The van der Waals surface area contributed by atoms with E-state index in [0.717, 1.165) is 4.47 Å². The Bertz CT molecular complexity index is 1140. The molecule has 3 aromatic rings. The van der Waals surface area contributed by atoms with Crippen LogP contribution in [0.15, 0.2) is 52.1 Å². The van der Waals surface area contributed by atoms with Crippen LogP contribution in [0.4, 0.5) is 0 Å². The average molecular weight is 556 g/mol. The van der Waals surface area contributed by atoms with Crippen LogP contribution in [0, 0.1) is 5.92 Å². The summed E-state index contributed by atoms with van der Waals surface area (Å²) in [6.07, 6.45) is 0. The van der Waals surface area contributed by atoms with Crippen LogP contribution in [0.5, 0.6) is 0 Å². The molecule has 0 saturated heterocycles. The van der Waals surface area contributed by atoms with Gasteiger partial charge in [-0.25, -0.2) is 0 Å². The van der Waals surface area contributed by atoms with Crippen molar-refractivity contribution in [1.29, 1.82) is 0 Å². The number of halogens is 3. The molecule has 0 aliphatic heterocycles. The van der Waals surface area contributed by atoms with Crippen molar-refractivity contribution in [2.75, 3.05) is 5.75 Å². The summed E-state index contributed by atoms with van der Waals surface area (Å²) in [6, 6.07) is 11.6. The molecule has 0 aliphatic carbocycles. The molecule has 2 aromatic carbocycles. The molecule has 0 spiro atoms. The number of aromatic nitrogens is 3. The molecule has 1 heterocycles. The number of thioether (sulfide) groups is 1. The normalized spacial score (nSPS) is 12.1. The van der Waals surface area contributed by atoms with Crippen molar-refractivity contribution in [3.05, 3.63) is 73.9 Å². The molecule has 1 amide bonds. The van der Waals surface area contributed by atoms with E-state index in [0.29, 0.717) is 27.1 Å². The number of ketones is 1. The minimum Gasteiger partial charge on any atom is -0.342 e. The van der Waals surface area contributed by atoms with Crippen molar-refractivity contribution in [1.82, 2.24) is 20.1 Å². The zero-order valence-corrected chi connectivity index (χ0v) is 21.5. The topological polar surface area (TPSA) is 76.9 Å². The molecular formula is C22H21BrCl2N4O2S. The molecule has 168 valence electrons. The molecule has 6 nitrogen and oxygen atoms in total. The van der Waals surface area contributed by atoms with Crippen LogP contribution in [0.1, 0.15) is 46.4 Å². The molecule has 0 unspecified atom stereocenters. The van der Waals surface area contributed by atoms with Crippen molar-refractivity contribution < 1.29 is 9.59 Å². The highest BCUT2D eigenvalue weighted by atomic mass is 79.9. The summed E-state index contributed by atoms with van der Waals surface area (Å²) < 4.78 is 2.72. The first-order valence-electron chi connectivity index (χ1n) is 9.74. The van der Waals surface area contributed by atoms with E-state index in [2.05, 4.69) is 31.4 Å². The Balaban J connectivity index is 1.73. The van der Waals surface area contributed by atoms with E-state index in [1.54, 1.807) is 28.8 Å². The summed E-state index contributed by atoms with van der Waals surface area (Å²) in [5.74, 6) is 0.533. The standard InChI is InChI=1S/C22H21BrCl2N4O2S/c1-12(2)19(26-21(31)16-9-8-15(24)10-17(16)25)20-27-28-22(29(20)3)32-11-18(30)13-4-6-14(23)7-5-13/h4-10,12,19H,11H2,1-3H3,(H,26,31)/t19-/m1/s1. The number of Topliss-reactive ketones (excluding diaryl/α,β-unsaturated/α-hetero) is 1.